The molecule has 10 heteroatoms. The number of pyridine rings is 2. The molecule has 0 atom stereocenters. The van der Waals surface area contributed by atoms with Crippen molar-refractivity contribution in [3.63, 3.8) is 0 Å². The zero-order valence-corrected chi connectivity index (χ0v) is 17.9. The molecule has 1 aromatic carbocycles. The molecule has 2 N–H and O–H groups in total. The maximum absolute atomic E-state index is 12.4. The predicted molar refractivity (Wildman–Crippen MR) is 124 cm³/mol. The second-order valence-corrected chi connectivity index (χ2v) is 7.31. The minimum atomic E-state index is -0.938. The van der Waals surface area contributed by atoms with Crippen molar-refractivity contribution in [2.24, 2.45) is 0 Å². The molecule has 164 valence electrons. The Kier molecular flexibility index (Phi) is 5.54. The smallest absolute Gasteiger partial charge is 0.230 e. The maximum Gasteiger partial charge on any atom is 0.230 e. The highest BCUT2D eigenvalue weighted by Crippen LogP contribution is 2.30. The zero-order valence-electron chi connectivity index (χ0n) is 17.2. The lowest BCUT2D eigenvalue weighted by atomic mass is 10.2. The van der Waals surface area contributed by atoms with Crippen LogP contribution in [0.25, 0.3) is 39.6 Å². The number of nitrogen functional groups attached to an aromatic ring is 1. The van der Waals surface area contributed by atoms with Gasteiger partial charge in [0.1, 0.15) is 11.2 Å². The topological polar surface area (TPSA) is 105 Å². The molecular weight excluding hydrogens is 445 g/mol. The van der Waals surface area contributed by atoms with Gasteiger partial charge in [-0.2, -0.15) is 0 Å². The average Bonchev–Trinajstić information content (AvgIpc) is 3.23. The molecule has 0 amide bonds. The van der Waals surface area contributed by atoms with Crippen LogP contribution >= 0.6 is 11.6 Å². The lowest BCUT2D eigenvalue weighted by molar-refractivity contribution is 0.185. The van der Waals surface area contributed by atoms with Crippen molar-refractivity contribution in [2.45, 2.75) is 5.88 Å². The third-order valence-corrected chi connectivity index (χ3v) is 5.33. The summed E-state index contributed by atoms with van der Waals surface area (Å²) >= 11 is 5.96. The first kappa shape index (κ1) is 20.8. The summed E-state index contributed by atoms with van der Waals surface area (Å²) in [6.45, 7) is -0.938. The Bertz CT molecular complexity index is 1420. The molecule has 0 spiro atoms. The Hall–Kier alpha value is -4.11. The first-order valence-electron chi connectivity index (χ1n) is 9.94. The summed E-state index contributed by atoms with van der Waals surface area (Å²) in [6.07, 6.45) is 4.68. The molecule has 5 rings (SSSR count). The molecule has 0 radical (unpaired) electrons. The van der Waals surface area contributed by atoms with E-state index < -0.39 is 6.86 Å². The summed E-state index contributed by atoms with van der Waals surface area (Å²) in [5.74, 6) is 1.39. The highest BCUT2D eigenvalue weighted by Gasteiger charge is 2.19. The van der Waals surface area contributed by atoms with Crippen LogP contribution in [0.15, 0.2) is 67.1 Å². The normalized spacial score (nSPS) is 11.1. The number of hydrogen-bond donors (Lipinski definition) is 1. The number of anilines is 1. The van der Waals surface area contributed by atoms with Crippen molar-refractivity contribution in [1.82, 2.24) is 29.5 Å². The van der Waals surface area contributed by atoms with Crippen LogP contribution in [0.4, 0.5) is 10.2 Å². The van der Waals surface area contributed by atoms with E-state index in [1.807, 2.05) is 41.0 Å². The van der Waals surface area contributed by atoms with Gasteiger partial charge in [0.25, 0.3) is 0 Å². The molecule has 33 heavy (non-hydrogen) atoms. The van der Waals surface area contributed by atoms with E-state index in [1.165, 1.54) is 6.20 Å². The van der Waals surface area contributed by atoms with E-state index in [0.717, 1.165) is 16.8 Å². The van der Waals surface area contributed by atoms with Gasteiger partial charge in [-0.15, -0.1) is 11.6 Å². The van der Waals surface area contributed by atoms with Crippen LogP contribution in [-0.4, -0.2) is 36.3 Å². The van der Waals surface area contributed by atoms with Crippen molar-refractivity contribution < 1.29 is 9.13 Å². The molecule has 5 aromatic rings. The summed E-state index contributed by atoms with van der Waals surface area (Å²) in [4.78, 5) is 22.3. The Balaban J connectivity index is 1.71. The summed E-state index contributed by atoms with van der Waals surface area (Å²) in [5, 5.41) is 0. The summed E-state index contributed by atoms with van der Waals surface area (Å²) in [7, 11) is 0. The Morgan fingerprint density at radius 3 is 2.45 bits per heavy atom. The van der Waals surface area contributed by atoms with E-state index in [2.05, 4.69) is 15.0 Å². The number of imidazole rings is 1. The first-order valence-corrected chi connectivity index (χ1v) is 10.5. The molecule has 0 aliphatic carbocycles. The zero-order chi connectivity index (χ0) is 22.8. The van der Waals surface area contributed by atoms with Gasteiger partial charge < -0.3 is 10.5 Å². The van der Waals surface area contributed by atoms with E-state index in [4.69, 9.17) is 32.0 Å². The molecule has 4 heterocycles. The third-order valence-electron chi connectivity index (χ3n) is 5.03. The van der Waals surface area contributed by atoms with Gasteiger partial charge in [0.15, 0.2) is 17.3 Å². The number of fused-ring (bicyclic) bond motifs is 1. The summed E-state index contributed by atoms with van der Waals surface area (Å²) < 4.78 is 19.1. The number of alkyl halides is 2. The van der Waals surface area contributed by atoms with Crippen LogP contribution in [0, 0.1) is 0 Å². The highest BCUT2D eigenvalue weighted by atomic mass is 35.5. The number of aromatic nitrogens is 6. The number of halogens is 2. The number of ether oxygens (including phenoxy) is 1. The Morgan fingerprint density at radius 2 is 1.76 bits per heavy atom. The van der Waals surface area contributed by atoms with Gasteiger partial charge in [-0.25, -0.2) is 29.3 Å². The molecule has 8 nitrogen and oxygen atoms in total. The van der Waals surface area contributed by atoms with E-state index in [1.54, 1.807) is 24.5 Å². The van der Waals surface area contributed by atoms with Gasteiger partial charge in [-0.3, -0.25) is 4.57 Å². The van der Waals surface area contributed by atoms with Gasteiger partial charge in [0, 0.05) is 41.8 Å². The van der Waals surface area contributed by atoms with Gasteiger partial charge in [-0.1, -0.05) is 12.1 Å². The van der Waals surface area contributed by atoms with Crippen molar-refractivity contribution in [1.29, 1.82) is 0 Å². The van der Waals surface area contributed by atoms with Crippen molar-refractivity contribution >= 4 is 28.6 Å². The third kappa shape index (κ3) is 3.94. The van der Waals surface area contributed by atoms with Crippen LogP contribution in [0.2, 0.25) is 0 Å². The molecule has 0 bridgehead atoms. The van der Waals surface area contributed by atoms with E-state index >= 15 is 0 Å². The minimum Gasteiger partial charge on any atom is -0.446 e. The fourth-order valence-corrected chi connectivity index (χ4v) is 3.63. The number of benzene rings is 1. The van der Waals surface area contributed by atoms with Gasteiger partial charge in [0.2, 0.25) is 12.7 Å². The van der Waals surface area contributed by atoms with Gasteiger partial charge in [0.05, 0.1) is 5.69 Å². The second-order valence-electron chi connectivity index (χ2n) is 7.04. The van der Waals surface area contributed by atoms with E-state index in [-0.39, 0.29) is 11.7 Å². The van der Waals surface area contributed by atoms with E-state index in [9.17, 15) is 4.39 Å². The molecule has 4 aromatic heterocycles. The predicted octanol–water partition coefficient (Wildman–Crippen LogP) is 4.57. The Morgan fingerprint density at radius 1 is 0.939 bits per heavy atom. The molecule has 0 aliphatic rings. The number of hydrogen-bond acceptors (Lipinski definition) is 7. The minimum absolute atomic E-state index is 0.201. The highest BCUT2D eigenvalue weighted by molar-refractivity contribution is 6.17. The lowest BCUT2D eigenvalue weighted by Crippen LogP contribution is -2.04. The van der Waals surface area contributed by atoms with Crippen LogP contribution in [0.3, 0.4) is 0 Å². The molecular formula is C23H17ClFN7O. The molecule has 0 fully saturated rings. The molecule has 0 aliphatic heterocycles. The largest absolute Gasteiger partial charge is 0.446 e. The fraction of sp³-hybridized carbons (Fsp3) is 0.0870. The number of nitrogens with two attached hydrogens (primary N) is 1. The fourth-order valence-electron chi connectivity index (χ4n) is 3.45. The van der Waals surface area contributed by atoms with Gasteiger partial charge >= 0.3 is 0 Å². The molecule has 0 unspecified atom stereocenters. The number of nitrogens with zero attached hydrogens (tertiary/aromatic N) is 6. The van der Waals surface area contributed by atoms with Crippen LogP contribution in [0.1, 0.15) is 5.56 Å². The monoisotopic (exact) mass is 461 g/mol. The summed E-state index contributed by atoms with van der Waals surface area (Å²) in [5.41, 5.74) is 11.0. The summed E-state index contributed by atoms with van der Waals surface area (Å²) in [6, 6.07) is 14.8. The van der Waals surface area contributed by atoms with Crippen LogP contribution in [-0.2, 0) is 5.88 Å². The van der Waals surface area contributed by atoms with Crippen molar-refractivity contribution in [3.8, 4) is 34.3 Å². The van der Waals surface area contributed by atoms with Crippen molar-refractivity contribution in [3.05, 3.63) is 72.7 Å². The molecule has 0 saturated heterocycles. The number of rotatable bonds is 6. The second kappa shape index (κ2) is 8.79. The standard InChI is InChI=1S/C23H17ClFN7O/c24-11-14-1-4-16(5-2-14)32-22-18(31-23(32)20-21(26)28-10-9-27-20)7-6-17(30-22)15-3-8-19(29-12-15)33-13-25/h1-10,12H,11,13H2,(H2,26,28). The Labute approximate surface area is 192 Å². The maximum atomic E-state index is 12.4. The van der Waals surface area contributed by atoms with Crippen LogP contribution in [0.5, 0.6) is 5.88 Å². The van der Waals surface area contributed by atoms with Crippen molar-refractivity contribution in [2.75, 3.05) is 12.6 Å². The first-order chi connectivity index (χ1) is 16.2. The SMILES string of the molecule is Nc1nccnc1-c1nc2ccc(-c3ccc(OCF)nc3)nc2n1-c1ccc(CCl)cc1. The van der Waals surface area contributed by atoms with Crippen LogP contribution < -0.4 is 10.5 Å². The molecule has 0 saturated carbocycles. The average molecular weight is 462 g/mol. The lowest BCUT2D eigenvalue weighted by Gasteiger charge is -2.10. The van der Waals surface area contributed by atoms with Gasteiger partial charge in [-0.05, 0) is 35.9 Å². The van der Waals surface area contributed by atoms with E-state index in [0.29, 0.717) is 34.3 Å². The quantitative estimate of drug-likeness (QED) is 0.369.